The normalized spacial score (nSPS) is 13.7. The van der Waals surface area contributed by atoms with Gasteiger partial charge in [-0.3, -0.25) is 4.79 Å². The summed E-state index contributed by atoms with van der Waals surface area (Å²) in [6.45, 7) is 1.92. The van der Waals surface area contributed by atoms with Crippen LogP contribution in [0.15, 0.2) is 30.3 Å². The molecule has 18 heavy (non-hydrogen) atoms. The summed E-state index contributed by atoms with van der Waals surface area (Å²) >= 11 is 0. The number of carboxylic acid groups (broad SMARTS) is 1. The molecule has 0 fully saturated rings. The fourth-order valence-corrected chi connectivity index (χ4v) is 1.62. The molecule has 0 radical (unpaired) electrons. The maximum Gasteiger partial charge on any atom is 0.330 e. The Labute approximate surface area is 106 Å². The average Bonchev–Trinajstić information content (AvgIpc) is 2.36. The van der Waals surface area contributed by atoms with E-state index in [0.29, 0.717) is 12.0 Å². The molecule has 1 amide bonds. The van der Waals surface area contributed by atoms with E-state index in [1.807, 2.05) is 6.92 Å². The molecular weight excluding hydrogens is 232 g/mol. The highest BCUT2D eigenvalue weighted by atomic mass is 16.4. The number of nitrogens with two attached hydrogens (primary N) is 1. The predicted octanol–water partition coefficient (Wildman–Crippen LogP) is 1.06. The van der Waals surface area contributed by atoms with Crippen LogP contribution in [0.25, 0.3) is 0 Å². The van der Waals surface area contributed by atoms with E-state index in [-0.39, 0.29) is 0 Å². The second-order valence-electron chi connectivity index (χ2n) is 4.09. The number of aliphatic carboxylic acids is 1. The number of hydrogen-bond donors (Lipinski definition) is 3. The van der Waals surface area contributed by atoms with Crippen LogP contribution in [0.4, 0.5) is 0 Å². The molecule has 0 unspecified atom stereocenters. The van der Waals surface area contributed by atoms with Gasteiger partial charge in [0.15, 0.2) is 6.04 Å². The lowest BCUT2D eigenvalue weighted by molar-refractivity contribution is -0.142. The van der Waals surface area contributed by atoms with Crippen LogP contribution in [0.1, 0.15) is 31.4 Å². The van der Waals surface area contributed by atoms with Crippen molar-refractivity contribution in [1.29, 1.82) is 0 Å². The Bertz CT molecular complexity index is 406. The van der Waals surface area contributed by atoms with E-state index in [9.17, 15) is 9.59 Å². The summed E-state index contributed by atoms with van der Waals surface area (Å²) in [4.78, 5) is 22.9. The lowest BCUT2D eigenvalue weighted by Crippen LogP contribution is -2.44. The van der Waals surface area contributed by atoms with Gasteiger partial charge < -0.3 is 16.2 Å². The van der Waals surface area contributed by atoms with E-state index in [0.717, 1.165) is 6.42 Å². The third-order valence-corrected chi connectivity index (χ3v) is 2.60. The third-order valence-electron chi connectivity index (χ3n) is 2.60. The van der Waals surface area contributed by atoms with Crippen LogP contribution < -0.4 is 11.1 Å². The van der Waals surface area contributed by atoms with Gasteiger partial charge in [0.2, 0.25) is 5.91 Å². The second kappa shape index (κ2) is 6.76. The zero-order chi connectivity index (χ0) is 13.5. The number of carbonyl (C=O) groups is 2. The van der Waals surface area contributed by atoms with Gasteiger partial charge >= 0.3 is 5.97 Å². The van der Waals surface area contributed by atoms with Crippen molar-refractivity contribution in [3.8, 4) is 0 Å². The van der Waals surface area contributed by atoms with Crippen LogP contribution in [0.3, 0.4) is 0 Å². The van der Waals surface area contributed by atoms with Crippen LogP contribution in [-0.4, -0.2) is 23.0 Å². The summed E-state index contributed by atoms with van der Waals surface area (Å²) in [5.41, 5.74) is 6.18. The first kappa shape index (κ1) is 14.2. The Morgan fingerprint density at radius 2 is 1.94 bits per heavy atom. The molecule has 0 saturated carbocycles. The van der Waals surface area contributed by atoms with Crippen LogP contribution in [0.5, 0.6) is 0 Å². The summed E-state index contributed by atoms with van der Waals surface area (Å²) in [5.74, 6) is -1.54. The first-order valence-corrected chi connectivity index (χ1v) is 5.90. The van der Waals surface area contributed by atoms with Crippen molar-refractivity contribution >= 4 is 11.9 Å². The number of amides is 1. The molecule has 0 saturated heterocycles. The van der Waals surface area contributed by atoms with Crippen LogP contribution in [0, 0.1) is 0 Å². The largest absolute Gasteiger partial charge is 0.479 e. The SMILES string of the molecule is CCC[C@@H](N)C(=O)N[C@H](C(=O)O)c1ccccc1. The number of hydrogen-bond acceptors (Lipinski definition) is 3. The smallest absolute Gasteiger partial charge is 0.330 e. The summed E-state index contributed by atoms with van der Waals surface area (Å²) in [6, 6.07) is 6.83. The molecule has 1 rings (SSSR count). The van der Waals surface area contributed by atoms with Crippen molar-refractivity contribution in [2.75, 3.05) is 0 Å². The molecule has 1 aromatic carbocycles. The zero-order valence-electron chi connectivity index (χ0n) is 10.3. The first-order valence-electron chi connectivity index (χ1n) is 5.90. The van der Waals surface area contributed by atoms with Gasteiger partial charge in [-0.2, -0.15) is 0 Å². The molecule has 4 N–H and O–H groups in total. The Balaban J connectivity index is 2.76. The van der Waals surface area contributed by atoms with Crippen molar-refractivity contribution < 1.29 is 14.7 Å². The van der Waals surface area contributed by atoms with Crippen LogP contribution in [-0.2, 0) is 9.59 Å². The lowest BCUT2D eigenvalue weighted by Gasteiger charge is -2.17. The molecule has 0 aliphatic carbocycles. The minimum atomic E-state index is -1.10. The fraction of sp³-hybridized carbons (Fsp3) is 0.385. The third kappa shape index (κ3) is 3.85. The highest BCUT2D eigenvalue weighted by Gasteiger charge is 2.24. The summed E-state index contributed by atoms with van der Waals surface area (Å²) in [6.07, 6.45) is 1.31. The number of carbonyl (C=O) groups excluding carboxylic acids is 1. The van der Waals surface area contributed by atoms with Crippen molar-refractivity contribution in [2.45, 2.75) is 31.8 Å². The van der Waals surface area contributed by atoms with Crippen LogP contribution >= 0.6 is 0 Å². The number of benzene rings is 1. The van der Waals surface area contributed by atoms with Gasteiger partial charge in [-0.15, -0.1) is 0 Å². The minimum absolute atomic E-state index is 0.437. The van der Waals surface area contributed by atoms with E-state index in [1.54, 1.807) is 30.3 Å². The van der Waals surface area contributed by atoms with Gasteiger partial charge in [0, 0.05) is 0 Å². The first-order chi connectivity index (χ1) is 8.56. The molecule has 0 aromatic heterocycles. The van der Waals surface area contributed by atoms with Crippen molar-refractivity contribution in [1.82, 2.24) is 5.32 Å². The van der Waals surface area contributed by atoms with Gasteiger partial charge in [-0.05, 0) is 12.0 Å². The Hall–Kier alpha value is -1.88. The molecule has 0 spiro atoms. The molecule has 0 aliphatic rings. The summed E-state index contributed by atoms with van der Waals surface area (Å²) < 4.78 is 0. The highest BCUT2D eigenvalue weighted by molar-refractivity contribution is 5.87. The van der Waals surface area contributed by atoms with E-state index >= 15 is 0 Å². The number of nitrogens with one attached hydrogen (secondary N) is 1. The maximum absolute atomic E-state index is 11.7. The summed E-state index contributed by atoms with van der Waals surface area (Å²) in [7, 11) is 0. The molecule has 5 heteroatoms. The predicted molar refractivity (Wildman–Crippen MR) is 67.8 cm³/mol. The Morgan fingerprint density at radius 3 is 2.44 bits per heavy atom. The van der Waals surface area contributed by atoms with Gasteiger partial charge in [0.1, 0.15) is 0 Å². The molecular formula is C13H18N2O3. The van der Waals surface area contributed by atoms with E-state index in [1.165, 1.54) is 0 Å². The fourth-order valence-electron chi connectivity index (χ4n) is 1.62. The van der Waals surface area contributed by atoms with Gasteiger partial charge in [-0.25, -0.2) is 4.79 Å². The molecule has 5 nitrogen and oxygen atoms in total. The maximum atomic E-state index is 11.7. The Morgan fingerprint density at radius 1 is 1.33 bits per heavy atom. The Kier molecular flexibility index (Phi) is 5.32. The van der Waals surface area contributed by atoms with Gasteiger partial charge in [-0.1, -0.05) is 43.7 Å². The molecule has 0 heterocycles. The van der Waals surface area contributed by atoms with Crippen molar-refractivity contribution in [3.63, 3.8) is 0 Å². The van der Waals surface area contributed by atoms with Gasteiger partial charge in [0.25, 0.3) is 0 Å². The van der Waals surface area contributed by atoms with E-state index in [2.05, 4.69) is 5.32 Å². The van der Waals surface area contributed by atoms with Gasteiger partial charge in [0.05, 0.1) is 6.04 Å². The van der Waals surface area contributed by atoms with E-state index < -0.39 is 24.0 Å². The molecule has 0 bridgehead atoms. The highest BCUT2D eigenvalue weighted by Crippen LogP contribution is 2.13. The zero-order valence-corrected chi connectivity index (χ0v) is 10.3. The number of carboxylic acids is 1. The average molecular weight is 250 g/mol. The topological polar surface area (TPSA) is 92.4 Å². The minimum Gasteiger partial charge on any atom is -0.479 e. The lowest BCUT2D eigenvalue weighted by atomic mass is 10.1. The van der Waals surface area contributed by atoms with Crippen molar-refractivity contribution in [2.24, 2.45) is 5.73 Å². The molecule has 1 aromatic rings. The molecule has 2 atom stereocenters. The molecule has 0 aliphatic heterocycles. The standard InChI is InChI=1S/C13H18N2O3/c1-2-6-10(14)12(16)15-11(13(17)18)9-7-4-3-5-8-9/h3-5,7-8,10-11H,2,6,14H2,1H3,(H,15,16)(H,17,18)/t10-,11+/m1/s1. The quantitative estimate of drug-likeness (QED) is 0.703. The summed E-state index contributed by atoms with van der Waals surface area (Å²) in [5, 5.41) is 11.6. The monoisotopic (exact) mass is 250 g/mol. The number of rotatable bonds is 6. The second-order valence-corrected chi connectivity index (χ2v) is 4.09. The van der Waals surface area contributed by atoms with E-state index in [4.69, 9.17) is 10.8 Å². The van der Waals surface area contributed by atoms with Crippen molar-refractivity contribution in [3.05, 3.63) is 35.9 Å². The van der Waals surface area contributed by atoms with Crippen LogP contribution in [0.2, 0.25) is 0 Å². The molecule has 98 valence electrons.